The van der Waals surface area contributed by atoms with Crippen molar-refractivity contribution in [1.82, 2.24) is 0 Å². The van der Waals surface area contributed by atoms with Crippen molar-refractivity contribution >= 4 is 34.6 Å². The summed E-state index contributed by atoms with van der Waals surface area (Å²) in [6.07, 6.45) is -4.74. The van der Waals surface area contributed by atoms with Gasteiger partial charge in [0.2, 0.25) is 5.91 Å². The van der Waals surface area contributed by atoms with E-state index in [1.165, 1.54) is 18.2 Å². The zero-order chi connectivity index (χ0) is 17.7. The molecule has 5 nitrogen and oxygen atoms in total. The molecule has 0 radical (unpaired) electrons. The number of amides is 1. The Morgan fingerprint density at radius 2 is 1.67 bits per heavy atom. The molecule has 0 aliphatic heterocycles. The van der Waals surface area contributed by atoms with Crippen molar-refractivity contribution < 1.29 is 22.7 Å². The van der Waals surface area contributed by atoms with E-state index >= 15 is 0 Å². The predicted octanol–water partition coefficient (Wildman–Crippen LogP) is 3.49. The topological polar surface area (TPSA) is 76.4 Å². The van der Waals surface area contributed by atoms with Gasteiger partial charge in [0.25, 0.3) is 0 Å². The third kappa shape index (κ3) is 5.43. The fourth-order valence-corrected chi connectivity index (χ4v) is 2.02. The normalized spacial score (nSPS) is 10.8. The number of hydrogen-bond acceptors (Lipinski definition) is 3. The van der Waals surface area contributed by atoms with Gasteiger partial charge in [-0.25, -0.2) is 0 Å². The van der Waals surface area contributed by atoms with E-state index in [4.69, 9.17) is 18.0 Å². The molecule has 9 heteroatoms. The van der Waals surface area contributed by atoms with Gasteiger partial charge >= 0.3 is 6.36 Å². The minimum atomic E-state index is -4.74. The molecule has 24 heavy (non-hydrogen) atoms. The van der Waals surface area contributed by atoms with E-state index in [9.17, 15) is 18.0 Å². The molecule has 0 fully saturated rings. The van der Waals surface area contributed by atoms with Crippen LogP contribution in [0.5, 0.6) is 5.75 Å². The third-order valence-electron chi connectivity index (χ3n) is 2.75. The van der Waals surface area contributed by atoms with Crippen LogP contribution in [-0.2, 0) is 0 Å². The number of rotatable bonds is 4. The lowest BCUT2D eigenvalue weighted by Gasteiger charge is -2.12. The number of hydrogen-bond donors (Lipinski definition) is 3. The number of carbonyl (C=O) groups excluding carboxylic acids is 1. The fraction of sp³-hybridized carbons (Fsp3) is 0.0667. The Morgan fingerprint density at radius 3 is 2.25 bits per heavy atom. The average molecular weight is 355 g/mol. The van der Waals surface area contributed by atoms with Gasteiger partial charge in [-0.05, 0) is 54.7 Å². The number of ether oxygens (including phenoxy) is 1. The Balaban J connectivity index is 1.97. The maximum absolute atomic E-state index is 12.1. The van der Waals surface area contributed by atoms with Crippen LogP contribution in [0, 0.1) is 0 Å². The Labute approximate surface area is 140 Å². The van der Waals surface area contributed by atoms with Gasteiger partial charge in [-0.3, -0.25) is 4.79 Å². The molecule has 4 N–H and O–H groups in total. The molecule has 0 bridgehead atoms. The number of nitrogens with two attached hydrogens (primary N) is 1. The molecular formula is C15H12F3N3O2S. The standard InChI is InChI=1S/C15H12F3N3O2S/c16-15(17,18)23-12-6-4-10(5-7-12)20-14(24)21-11-3-1-2-9(8-11)13(19)22/h1-8H,(H2,19,22)(H2,20,21,24). The third-order valence-corrected chi connectivity index (χ3v) is 2.95. The number of thiocarbonyl (C=S) groups is 1. The zero-order valence-electron chi connectivity index (χ0n) is 12.1. The van der Waals surface area contributed by atoms with E-state index < -0.39 is 12.3 Å². The highest BCUT2D eigenvalue weighted by Crippen LogP contribution is 2.24. The van der Waals surface area contributed by atoms with Gasteiger partial charge in [-0.15, -0.1) is 13.2 Å². The van der Waals surface area contributed by atoms with E-state index in [0.29, 0.717) is 16.9 Å². The summed E-state index contributed by atoms with van der Waals surface area (Å²) in [4.78, 5) is 11.1. The molecule has 0 saturated carbocycles. The quantitative estimate of drug-likeness (QED) is 0.732. The molecule has 0 unspecified atom stereocenters. The number of nitrogens with one attached hydrogen (secondary N) is 2. The molecule has 2 rings (SSSR count). The molecule has 0 spiro atoms. The number of carbonyl (C=O) groups is 1. The summed E-state index contributed by atoms with van der Waals surface area (Å²) in [5.41, 5.74) is 6.51. The second-order valence-electron chi connectivity index (χ2n) is 4.60. The van der Waals surface area contributed by atoms with Crippen molar-refractivity contribution in [3.05, 3.63) is 54.1 Å². The van der Waals surface area contributed by atoms with Crippen molar-refractivity contribution in [2.75, 3.05) is 10.6 Å². The van der Waals surface area contributed by atoms with Crippen LogP contribution in [0.15, 0.2) is 48.5 Å². The smallest absolute Gasteiger partial charge is 0.406 e. The van der Waals surface area contributed by atoms with Gasteiger partial charge in [-0.1, -0.05) is 6.07 Å². The molecular weight excluding hydrogens is 343 g/mol. The highest BCUT2D eigenvalue weighted by molar-refractivity contribution is 7.80. The first-order valence-electron chi connectivity index (χ1n) is 6.56. The van der Waals surface area contributed by atoms with E-state index in [1.54, 1.807) is 18.2 Å². The van der Waals surface area contributed by atoms with Crippen molar-refractivity contribution in [2.45, 2.75) is 6.36 Å². The van der Waals surface area contributed by atoms with Gasteiger partial charge in [0.15, 0.2) is 5.11 Å². The lowest BCUT2D eigenvalue weighted by molar-refractivity contribution is -0.274. The van der Waals surface area contributed by atoms with E-state index in [1.807, 2.05) is 0 Å². The van der Waals surface area contributed by atoms with Crippen molar-refractivity contribution in [2.24, 2.45) is 5.73 Å². The molecule has 0 aliphatic carbocycles. The summed E-state index contributed by atoms with van der Waals surface area (Å²) in [5, 5.41) is 5.83. The summed E-state index contributed by atoms with van der Waals surface area (Å²) in [7, 11) is 0. The lowest BCUT2D eigenvalue weighted by atomic mass is 10.2. The number of halogens is 3. The van der Waals surface area contributed by atoms with Crippen LogP contribution in [0.2, 0.25) is 0 Å². The van der Waals surface area contributed by atoms with Crippen LogP contribution in [-0.4, -0.2) is 17.4 Å². The Hall–Kier alpha value is -2.81. The summed E-state index contributed by atoms with van der Waals surface area (Å²) in [6, 6.07) is 11.5. The summed E-state index contributed by atoms with van der Waals surface area (Å²) in [5.74, 6) is -0.904. The Morgan fingerprint density at radius 1 is 1.04 bits per heavy atom. The minimum Gasteiger partial charge on any atom is -0.406 e. The van der Waals surface area contributed by atoms with Gasteiger partial charge in [0.1, 0.15) is 5.75 Å². The second-order valence-corrected chi connectivity index (χ2v) is 5.00. The van der Waals surface area contributed by atoms with Gasteiger partial charge in [0.05, 0.1) is 0 Å². The molecule has 2 aromatic carbocycles. The van der Waals surface area contributed by atoms with Crippen LogP contribution >= 0.6 is 12.2 Å². The molecule has 0 heterocycles. The van der Waals surface area contributed by atoms with Crippen molar-refractivity contribution in [1.29, 1.82) is 0 Å². The summed E-state index contributed by atoms with van der Waals surface area (Å²) < 4.78 is 40.0. The molecule has 126 valence electrons. The number of anilines is 2. The minimum absolute atomic E-state index is 0.195. The predicted molar refractivity (Wildman–Crippen MR) is 87.9 cm³/mol. The maximum Gasteiger partial charge on any atom is 0.573 e. The molecule has 1 amide bonds. The van der Waals surface area contributed by atoms with E-state index in [2.05, 4.69) is 15.4 Å². The van der Waals surface area contributed by atoms with Gasteiger partial charge in [0, 0.05) is 16.9 Å². The van der Waals surface area contributed by atoms with Crippen molar-refractivity contribution in [3.8, 4) is 5.75 Å². The number of benzene rings is 2. The maximum atomic E-state index is 12.1. The summed E-state index contributed by atoms with van der Waals surface area (Å²) in [6.45, 7) is 0. The largest absolute Gasteiger partial charge is 0.573 e. The zero-order valence-corrected chi connectivity index (χ0v) is 12.9. The first-order chi connectivity index (χ1) is 11.2. The fourth-order valence-electron chi connectivity index (χ4n) is 1.78. The molecule has 0 saturated heterocycles. The van der Waals surface area contributed by atoms with Crippen LogP contribution in [0.3, 0.4) is 0 Å². The first kappa shape index (κ1) is 17.5. The van der Waals surface area contributed by atoms with Crippen LogP contribution in [0.25, 0.3) is 0 Å². The highest BCUT2D eigenvalue weighted by atomic mass is 32.1. The Bertz CT molecular complexity index is 748. The average Bonchev–Trinajstić information content (AvgIpc) is 2.48. The first-order valence-corrected chi connectivity index (χ1v) is 6.97. The lowest BCUT2D eigenvalue weighted by Crippen LogP contribution is -2.20. The highest BCUT2D eigenvalue weighted by Gasteiger charge is 2.30. The van der Waals surface area contributed by atoms with E-state index in [-0.39, 0.29) is 10.9 Å². The SMILES string of the molecule is NC(=O)c1cccc(NC(=S)Nc2ccc(OC(F)(F)F)cc2)c1. The molecule has 2 aromatic rings. The van der Waals surface area contributed by atoms with Crippen LogP contribution in [0.4, 0.5) is 24.5 Å². The van der Waals surface area contributed by atoms with Gasteiger partial charge < -0.3 is 21.1 Å². The van der Waals surface area contributed by atoms with Crippen LogP contribution < -0.4 is 21.1 Å². The number of primary amides is 1. The van der Waals surface area contributed by atoms with Crippen LogP contribution in [0.1, 0.15) is 10.4 Å². The monoisotopic (exact) mass is 355 g/mol. The van der Waals surface area contributed by atoms with Crippen molar-refractivity contribution in [3.63, 3.8) is 0 Å². The van der Waals surface area contributed by atoms with E-state index in [0.717, 1.165) is 12.1 Å². The number of alkyl halides is 3. The Kier molecular flexibility index (Phi) is 5.24. The molecule has 0 atom stereocenters. The molecule has 0 aromatic heterocycles. The second kappa shape index (κ2) is 7.18. The summed E-state index contributed by atoms with van der Waals surface area (Å²) >= 11 is 5.10. The molecule has 0 aliphatic rings. The van der Waals surface area contributed by atoms with Gasteiger partial charge in [-0.2, -0.15) is 0 Å².